The zero-order valence-corrected chi connectivity index (χ0v) is 13.8. The fraction of sp³-hybridized carbons (Fsp3) is 0.500. The van der Waals surface area contributed by atoms with E-state index < -0.39 is 11.9 Å². The van der Waals surface area contributed by atoms with Gasteiger partial charge in [0.15, 0.2) is 0 Å². The molecule has 1 aliphatic rings. The molecule has 0 aliphatic heterocycles. The Morgan fingerprint density at radius 3 is 2.48 bits per heavy atom. The van der Waals surface area contributed by atoms with Crippen LogP contribution in [0.4, 0.5) is 5.69 Å². The monoisotopic (exact) mass is 317 g/mol. The Morgan fingerprint density at radius 1 is 1.26 bits per heavy atom. The first-order chi connectivity index (χ1) is 10.9. The van der Waals surface area contributed by atoms with Gasteiger partial charge in [0.1, 0.15) is 11.7 Å². The van der Waals surface area contributed by atoms with Crippen LogP contribution in [0.2, 0.25) is 0 Å². The molecular weight excluding hydrogens is 294 g/mol. The largest absolute Gasteiger partial charge is 0.468 e. The van der Waals surface area contributed by atoms with Crippen LogP contribution in [0.25, 0.3) is 0 Å². The van der Waals surface area contributed by atoms with E-state index in [0.717, 1.165) is 30.5 Å². The maximum Gasteiger partial charge on any atom is 0.316 e. The summed E-state index contributed by atoms with van der Waals surface area (Å²) in [5.74, 6) is -1.14. The van der Waals surface area contributed by atoms with Crippen LogP contribution in [-0.4, -0.2) is 24.8 Å². The molecule has 1 aliphatic carbocycles. The van der Waals surface area contributed by atoms with Gasteiger partial charge >= 0.3 is 5.97 Å². The molecule has 1 aromatic rings. The second kappa shape index (κ2) is 7.40. The molecule has 3 unspecified atom stereocenters. The highest BCUT2D eigenvalue weighted by molar-refractivity contribution is 6.02. The molecule has 0 radical (unpaired) electrons. The molecular formula is C18H23NO4. The van der Waals surface area contributed by atoms with Crippen molar-refractivity contribution in [1.29, 1.82) is 0 Å². The number of methoxy groups -OCH3 is 1. The second-order valence-corrected chi connectivity index (χ2v) is 6.23. The molecule has 0 spiro atoms. The van der Waals surface area contributed by atoms with Crippen LogP contribution in [-0.2, 0) is 25.5 Å². The van der Waals surface area contributed by atoms with Crippen molar-refractivity contribution in [1.82, 2.24) is 0 Å². The molecule has 3 atom stereocenters. The average Bonchev–Trinajstić information content (AvgIpc) is 2.79. The van der Waals surface area contributed by atoms with E-state index in [1.165, 1.54) is 14.0 Å². The summed E-state index contributed by atoms with van der Waals surface area (Å²) in [7, 11) is 1.33. The maximum absolute atomic E-state index is 12.4. The van der Waals surface area contributed by atoms with E-state index in [1.807, 2.05) is 31.2 Å². The molecule has 2 rings (SSSR count). The number of benzene rings is 1. The van der Waals surface area contributed by atoms with Crippen molar-refractivity contribution in [2.75, 3.05) is 12.4 Å². The van der Waals surface area contributed by atoms with Crippen molar-refractivity contribution in [2.45, 2.75) is 33.1 Å². The Kier molecular flexibility index (Phi) is 5.53. The minimum absolute atomic E-state index is 0.0132. The van der Waals surface area contributed by atoms with Gasteiger partial charge in [-0.1, -0.05) is 19.1 Å². The topological polar surface area (TPSA) is 72.5 Å². The first kappa shape index (κ1) is 17.2. The summed E-state index contributed by atoms with van der Waals surface area (Å²) >= 11 is 0. The second-order valence-electron chi connectivity index (χ2n) is 6.23. The highest BCUT2D eigenvalue weighted by Crippen LogP contribution is 2.36. The van der Waals surface area contributed by atoms with Crippen LogP contribution in [0.3, 0.4) is 0 Å². The van der Waals surface area contributed by atoms with Crippen LogP contribution < -0.4 is 5.32 Å². The van der Waals surface area contributed by atoms with Crippen molar-refractivity contribution in [3.8, 4) is 0 Å². The summed E-state index contributed by atoms with van der Waals surface area (Å²) < 4.78 is 4.74. The number of ether oxygens (including phenoxy) is 1. The van der Waals surface area contributed by atoms with E-state index in [-0.39, 0.29) is 23.5 Å². The van der Waals surface area contributed by atoms with Crippen molar-refractivity contribution < 1.29 is 19.1 Å². The van der Waals surface area contributed by atoms with Gasteiger partial charge in [-0.05, 0) is 42.9 Å². The molecule has 0 saturated heterocycles. The molecule has 1 saturated carbocycles. The predicted octanol–water partition coefficient (Wildman–Crippen LogP) is 2.59. The first-order valence-corrected chi connectivity index (χ1v) is 7.90. The van der Waals surface area contributed by atoms with Gasteiger partial charge < -0.3 is 10.1 Å². The van der Waals surface area contributed by atoms with Gasteiger partial charge in [0.25, 0.3) is 0 Å². The predicted molar refractivity (Wildman–Crippen MR) is 86.9 cm³/mol. The molecule has 1 aromatic carbocycles. The zero-order valence-electron chi connectivity index (χ0n) is 13.8. The zero-order chi connectivity index (χ0) is 17.0. The Balaban J connectivity index is 1.92. The molecule has 1 amide bonds. The van der Waals surface area contributed by atoms with E-state index in [2.05, 4.69) is 5.32 Å². The summed E-state index contributed by atoms with van der Waals surface area (Å²) in [5.41, 5.74) is 1.87. The Hall–Kier alpha value is -2.17. The highest BCUT2D eigenvalue weighted by Gasteiger charge is 2.44. The summed E-state index contributed by atoms with van der Waals surface area (Å²) in [5, 5.41) is 2.72. The molecule has 1 fully saturated rings. The summed E-state index contributed by atoms with van der Waals surface area (Å²) in [6, 6.07) is 7.61. The van der Waals surface area contributed by atoms with Crippen LogP contribution >= 0.6 is 0 Å². The van der Waals surface area contributed by atoms with Crippen LogP contribution in [0, 0.1) is 17.8 Å². The van der Waals surface area contributed by atoms with Gasteiger partial charge in [-0.25, -0.2) is 0 Å². The fourth-order valence-corrected chi connectivity index (χ4v) is 3.27. The van der Waals surface area contributed by atoms with Crippen molar-refractivity contribution in [2.24, 2.45) is 17.8 Å². The molecule has 0 heterocycles. The highest BCUT2D eigenvalue weighted by atomic mass is 16.5. The van der Waals surface area contributed by atoms with E-state index in [4.69, 9.17) is 4.74 Å². The SMILES string of the molecule is COC(=O)C1C(=O)C(CCc2ccc(NC(C)=O)cc2)CC1C. The number of Topliss-reactive ketones (excluding diaryl/α,β-unsaturated/α-hetero) is 1. The number of hydrogen-bond acceptors (Lipinski definition) is 4. The molecule has 1 N–H and O–H groups in total. The molecule has 5 heteroatoms. The van der Waals surface area contributed by atoms with Crippen LogP contribution in [0.15, 0.2) is 24.3 Å². The molecule has 5 nitrogen and oxygen atoms in total. The quantitative estimate of drug-likeness (QED) is 0.669. The Labute approximate surface area is 136 Å². The average molecular weight is 317 g/mol. The molecule has 23 heavy (non-hydrogen) atoms. The first-order valence-electron chi connectivity index (χ1n) is 7.90. The lowest BCUT2D eigenvalue weighted by Crippen LogP contribution is -2.26. The minimum atomic E-state index is -0.604. The van der Waals surface area contributed by atoms with Gasteiger partial charge in [-0.3, -0.25) is 14.4 Å². The third-order valence-electron chi connectivity index (χ3n) is 4.45. The van der Waals surface area contributed by atoms with Crippen LogP contribution in [0.5, 0.6) is 0 Å². The van der Waals surface area contributed by atoms with Gasteiger partial charge in [0.05, 0.1) is 7.11 Å². The maximum atomic E-state index is 12.4. The number of anilines is 1. The molecule has 0 bridgehead atoms. The van der Waals surface area contributed by atoms with E-state index >= 15 is 0 Å². The lowest BCUT2D eigenvalue weighted by atomic mass is 9.95. The minimum Gasteiger partial charge on any atom is -0.468 e. The van der Waals surface area contributed by atoms with Gasteiger partial charge in [-0.15, -0.1) is 0 Å². The fourth-order valence-electron chi connectivity index (χ4n) is 3.27. The smallest absolute Gasteiger partial charge is 0.316 e. The number of carbonyl (C=O) groups excluding carboxylic acids is 3. The summed E-state index contributed by atoms with van der Waals surface area (Å²) in [6.07, 6.45) is 2.25. The van der Waals surface area contributed by atoms with Gasteiger partial charge in [0, 0.05) is 18.5 Å². The lowest BCUT2D eigenvalue weighted by Gasteiger charge is -2.10. The van der Waals surface area contributed by atoms with E-state index in [1.54, 1.807) is 0 Å². The number of hydrogen-bond donors (Lipinski definition) is 1. The Morgan fingerprint density at radius 2 is 1.91 bits per heavy atom. The third-order valence-corrected chi connectivity index (χ3v) is 4.45. The summed E-state index contributed by atoms with van der Waals surface area (Å²) in [4.78, 5) is 35.1. The van der Waals surface area contributed by atoms with Crippen molar-refractivity contribution in [3.05, 3.63) is 29.8 Å². The lowest BCUT2D eigenvalue weighted by molar-refractivity contribution is -0.150. The molecule has 124 valence electrons. The molecule has 0 aromatic heterocycles. The number of aryl methyl sites for hydroxylation is 1. The third kappa shape index (κ3) is 4.18. The number of ketones is 1. The number of nitrogens with one attached hydrogen (secondary N) is 1. The van der Waals surface area contributed by atoms with Gasteiger partial charge in [0.2, 0.25) is 5.91 Å². The van der Waals surface area contributed by atoms with E-state index in [0.29, 0.717) is 0 Å². The number of carbonyl (C=O) groups is 3. The number of amides is 1. The number of rotatable bonds is 5. The Bertz CT molecular complexity index is 594. The standard InChI is InChI=1S/C18H23NO4/c1-11-10-14(17(21)16(11)18(22)23-3)7-4-13-5-8-15(9-6-13)19-12(2)20/h5-6,8-9,11,14,16H,4,7,10H2,1-3H3,(H,19,20). The van der Waals surface area contributed by atoms with Crippen molar-refractivity contribution in [3.63, 3.8) is 0 Å². The van der Waals surface area contributed by atoms with Gasteiger partial charge in [-0.2, -0.15) is 0 Å². The van der Waals surface area contributed by atoms with E-state index in [9.17, 15) is 14.4 Å². The van der Waals surface area contributed by atoms with Crippen molar-refractivity contribution >= 4 is 23.3 Å². The number of esters is 1. The summed E-state index contributed by atoms with van der Waals surface area (Å²) in [6.45, 7) is 3.40. The normalized spacial score (nSPS) is 23.6. The van der Waals surface area contributed by atoms with Crippen LogP contribution in [0.1, 0.15) is 32.3 Å².